The van der Waals surface area contributed by atoms with E-state index in [1.54, 1.807) is 13.2 Å². The number of rotatable bonds is 19. The summed E-state index contributed by atoms with van der Waals surface area (Å²) in [5.41, 5.74) is 2.54. The summed E-state index contributed by atoms with van der Waals surface area (Å²) in [5.74, 6) is -2.48. The number of imidazole rings is 1. The molecule has 3 aromatic carbocycles. The van der Waals surface area contributed by atoms with Crippen LogP contribution in [-0.4, -0.2) is 76.9 Å². The van der Waals surface area contributed by atoms with Crippen molar-refractivity contribution >= 4 is 34.3 Å². The zero-order valence-electron chi connectivity index (χ0n) is 28.4. The molecule has 4 atom stereocenters. The van der Waals surface area contributed by atoms with Crippen molar-refractivity contribution in [3.8, 4) is 0 Å². The topological polar surface area (TPSA) is 165 Å². The number of ketones is 1. The first-order valence-electron chi connectivity index (χ1n) is 16.9. The van der Waals surface area contributed by atoms with Gasteiger partial charge in [0.1, 0.15) is 12.1 Å². The molecule has 11 nitrogen and oxygen atoms in total. The molecule has 0 aliphatic carbocycles. The quantitative estimate of drug-likeness (QED) is 0.0894. The summed E-state index contributed by atoms with van der Waals surface area (Å²) in [6.45, 7) is 4.23. The van der Waals surface area contributed by atoms with Gasteiger partial charge in [-0.25, -0.2) is 4.98 Å². The summed E-state index contributed by atoms with van der Waals surface area (Å²) in [6, 6.07) is 21.6. The van der Waals surface area contributed by atoms with Crippen LogP contribution in [0.4, 0.5) is 0 Å². The average Bonchev–Trinajstić information content (AvgIpc) is 3.61. The number of Topliss-reactive ketones (excluding diaryl/α,β-unsaturated/α-hetero) is 1. The third kappa shape index (κ3) is 11.4. The molecule has 1 aromatic heterocycles. The zero-order valence-corrected chi connectivity index (χ0v) is 28.4. The number of nitrogens with one attached hydrogen (secondary N) is 5. The van der Waals surface area contributed by atoms with Gasteiger partial charge in [0.25, 0.3) is 0 Å². The summed E-state index contributed by atoms with van der Waals surface area (Å²) >= 11 is 0. The highest BCUT2D eigenvalue weighted by Crippen LogP contribution is 2.23. The van der Waals surface area contributed by atoms with Crippen LogP contribution in [-0.2, 0) is 38.4 Å². The highest BCUT2D eigenvalue weighted by Gasteiger charge is 2.33. The highest BCUT2D eigenvalue weighted by molar-refractivity contribution is 5.93. The lowest BCUT2D eigenvalue weighted by Gasteiger charge is -2.28. The van der Waals surface area contributed by atoms with Crippen molar-refractivity contribution in [2.75, 3.05) is 20.1 Å². The number of fused-ring (bicyclic) bond motifs is 1. The van der Waals surface area contributed by atoms with Gasteiger partial charge >= 0.3 is 0 Å². The molecule has 1 heterocycles. The Kier molecular flexibility index (Phi) is 14.0. The molecule has 0 aliphatic heterocycles. The molecule has 0 bridgehead atoms. The number of benzene rings is 3. The number of H-pyrrole nitrogens is 1. The maximum atomic E-state index is 14.1. The first kappa shape index (κ1) is 37.0. The third-order valence-corrected chi connectivity index (χ3v) is 8.44. The Morgan fingerprint density at radius 2 is 1.61 bits per heavy atom. The van der Waals surface area contributed by atoms with E-state index in [4.69, 9.17) is 0 Å². The predicted molar refractivity (Wildman–Crippen MR) is 189 cm³/mol. The van der Waals surface area contributed by atoms with Crippen molar-refractivity contribution in [3.05, 3.63) is 102 Å². The second-order valence-electron chi connectivity index (χ2n) is 12.8. The number of carbonyl (C=O) groups is 4. The molecule has 0 spiro atoms. The van der Waals surface area contributed by atoms with E-state index in [0.29, 0.717) is 25.1 Å². The Labute approximate surface area is 287 Å². The number of likely N-dealkylation sites (N-methyl/N-ethyl adjacent to an activating group) is 1. The van der Waals surface area contributed by atoms with Gasteiger partial charge in [-0.1, -0.05) is 86.6 Å². The SMILES string of the molecule is CNCC(=O)C(O)[C@H](CC(C)C)NC(=O)[C@H](Cc1c[nH]cn1)NC(=O)C(CC(=O)NCCc1ccccc1)Cc1cccc2ccccc12. The summed E-state index contributed by atoms with van der Waals surface area (Å²) in [4.78, 5) is 61.0. The van der Waals surface area contributed by atoms with Crippen LogP contribution in [0.15, 0.2) is 85.3 Å². The molecule has 6 N–H and O–H groups in total. The lowest BCUT2D eigenvalue weighted by Crippen LogP contribution is -2.56. The van der Waals surface area contributed by atoms with E-state index in [1.807, 2.05) is 86.6 Å². The van der Waals surface area contributed by atoms with Crippen molar-refractivity contribution in [3.63, 3.8) is 0 Å². The van der Waals surface area contributed by atoms with Crippen LogP contribution in [0.5, 0.6) is 0 Å². The Balaban J connectivity index is 1.56. The van der Waals surface area contributed by atoms with E-state index in [1.165, 1.54) is 6.33 Å². The lowest BCUT2D eigenvalue weighted by atomic mass is 9.91. The van der Waals surface area contributed by atoms with Crippen molar-refractivity contribution in [2.24, 2.45) is 11.8 Å². The van der Waals surface area contributed by atoms with Crippen LogP contribution in [0.2, 0.25) is 0 Å². The standard InChI is InChI=1S/C38H48N6O5/c1-25(2)18-32(36(47)34(45)23-39-3)43-38(49)33(21-30-22-40-24-42-30)44-37(48)29(19-28-14-9-13-27-12-7-8-15-31(27)28)20-35(46)41-17-16-26-10-5-4-6-11-26/h4-15,22,24-25,29,32-33,36,39,47H,16-21,23H2,1-3H3,(H,40,42)(H,41,46)(H,43,49)(H,44,48)/t29?,32-,33-,36?/m0/s1. The van der Waals surface area contributed by atoms with Gasteiger partial charge in [-0.3, -0.25) is 19.2 Å². The van der Waals surface area contributed by atoms with E-state index in [9.17, 15) is 24.3 Å². The van der Waals surface area contributed by atoms with Gasteiger partial charge < -0.3 is 31.4 Å². The highest BCUT2D eigenvalue weighted by atomic mass is 16.3. The Morgan fingerprint density at radius 1 is 0.878 bits per heavy atom. The molecule has 2 unspecified atom stereocenters. The first-order chi connectivity index (χ1) is 23.6. The Hall–Kier alpha value is -4.87. The number of hydrogen-bond acceptors (Lipinski definition) is 7. The summed E-state index contributed by atoms with van der Waals surface area (Å²) in [7, 11) is 1.61. The van der Waals surface area contributed by atoms with E-state index < -0.39 is 41.7 Å². The van der Waals surface area contributed by atoms with Gasteiger partial charge in [0, 0.05) is 25.6 Å². The fourth-order valence-corrected chi connectivity index (χ4v) is 5.95. The molecule has 0 radical (unpaired) electrons. The maximum Gasteiger partial charge on any atom is 0.243 e. The molecule has 4 aromatic rings. The molecular formula is C38H48N6O5. The van der Waals surface area contributed by atoms with Crippen molar-refractivity contribution in [1.82, 2.24) is 31.2 Å². The fraction of sp³-hybridized carbons (Fsp3) is 0.395. The minimum Gasteiger partial charge on any atom is -0.383 e. The Bertz CT molecular complexity index is 1650. The number of aliphatic hydroxyl groups excluding tert-OH is 1. The normalized spacial score (nSPS) is 13.7. The van der Waals surface area contributed by atoms with E-state index in [2.05, 4.69) is 31.2 Å². The van der Waals surface area contributed by atoms with Gasteiger partial charge in [-0.15, -0.1) is 0 Å². The monoisotopic (exact) mass is 668 g/mol. The van der Waals surface area contributed by atoms with Gasteiger partial charge in [0.2, 0.25) is 17.7 Å². The molecule has 0 aliphatic rings. The third-order valence-electron chi connectivity index (χ3n) is 8.44. The van der Waals surface area contributed by atoms with Gasteiger partial charge in [-0.2, -0.15) is 0 Å². The van der Waals surface area contributed by atoms with Gasteiger partial charge in [0.15, 0.2) is 5.78 Å². The molecule has 11 heteroatoms. The van der Waals surface area contributed by atoms with Crippen molar-refractivity contribution < 1.29 is 24.3 Å². The number of hydrogen-bond donors (Lipinski definition) is 6. The smallest absolute Gasteiger partial charge is 0.243 e. The van der Waals surface area contributed by atoms with Crippen LogP contribution in [0, 0.1) is 11.8 Å². The van der Waals surface area contributed by atoms with Crippen LogP contribution >= 0.6 is 0 Å². The number of amides is 3. The summed E-state index contributed by atoms with van der Waals surface area (Å²) < 4.78 is 0. The van der Waals surface area contributed by atoms with Crippen LogP contribution < -0.4 is 21.3 Å². The number of carbonyl (C=O) groups excluding carboxylic acids is 4. The number of aliphatic hydroxyl groups is 1. The molecule has 3 amide bonds. The summed E-state index contributed by atoms with van der Waals surface area (Å²) in [5, 5.41) is 24.3. The van der Waals surface area contributed by atoms with Gasteiger partial charge in [-0.05, 0) is 54.1 Å². The van der Waals surface area contributed by atoms with Crippen LogP contribution in [0.1, 0.15) is 43.5 Å². The molecule has 0 fully saturated rings. The second-order valence-corrected chi connectivity index (χ2v) is 12.8. The van der Waals surface area contributed by atoms with Crippen LogP contribution in [0.25, 0.3) is 10.8 Å². The summed E-state index contributed by atoms with van der Waals surface area (Å²) in [6.07, 6.45) is 2.92. The minimum atomic E-state index is -1.43. The van der Waals surface area contributed by atoms with Crippen molar-refractivity contribution in [2.45, 2.75) is 64.1 Å². The van der Waals surface area contributed by atoms with Crippen LogP contribution in [0.3, 0.4) is 0 Å². The molecule has 49 heavy (non-hydrogen) atoms. The molecule has 260 valence electrons. The molecule has 0 saturated carbocycles. The minimum absolute atomic E-state index is 0.0532. The van der Waals surface area contributed by atoms with E-state index >= 15 is 0 Å². The van der Waals surface area contributed by atoms with E-state index in [0.717, 1.165) is 21.9 Å². The second kappa shape index (κ2) is 18.6. The fourth-order valence-electron chi connectivity index (χ4n) is 5.95. The van der Waals surface area contributed by atoms with Crippen molar-refractivity contribution in [1.29, 1.82) is 0 Å². The molecule has 0 saturated heterocycles. The maximum absolute atomic E-state index is 14.1. The largest absolute Gasteiger partial charge is 0.383 e. The molecule has 4 rings (SSSR count). The molecular weight excluding hydrogens is 620 g/mol. The Morgan fingerprint density at radius 3 is 2.33 bits per heavy atom. The average molecular weight is 669 g/mol. The number of nitrogens with zero attached hydrogens (tertiary/aromatic N) is 1. The first-order valence-corrected chi connectivity index (χ1v) is 16.9. The van der Waals surface area contributed by atoms with E-state index in [-0.39, 0.29) is 37.6 Å². The number of aromatic amines is 1. The van der Waals surface area contributed by atoms with Gasteiger partial charge in [0.05, 0.1) is 30.5 Å². The lowest BCUT2D eigenvalue weighted by molar-refractivity contribution is -0.134. The number of aromatic nitrogens is 2. The zero-order chi connectivity index (χ0) is 35.2. The predicted octanol–water partition coefficient (Wildman–Crippen LogP) is 2.88.